The monoisotopic (exact) mass is 375 g/mol. The molecule has 3 rings (SSSR count). The Morgan fingerprint density at radius 1 is 1.31 bits per heavy atom. The first-order valence-electron chi connectivity index (χ1n) is 8.96. The fourth-order valence-corrected chi connectivity index (χ4v) is 3.56. The van der Waals surface area contributed by atoms with Crippen molar-refractivity contribution in [1.82, 2.24) is 5.06 Å². The van der Waals surface area contributed by atoms with Gasteiger partial charge in [0.1, 0.15) is 36.1 Å². The molecule has 0 aromatic rings. The van der Waals surface area contributed by atoms with E-state index < -0.39 is 60.6 Å². The van der Waals surface area contributed by atoms with Gasteiger partial charge in [0.2, 0.25) is 0 Å². The molecule has 3 aliphatic heterocycles. The van der Waals surface area contributed by atoms with Crippen molar-refractivity contribution in [2.45, 2.75) is 89.1 Å². The molecule has 3 saturated heterocycles. The summed E-state index contributed by atoms with van der Waals surface area (Å²) < 4.78 is 23.2. The normalized spacial score (nSPS) is 38.3. The summed E-state index contributed by atoms with van der Waals surface area (Å²) in [6, 6.07) is -0.641. The molecule has 0 amide bonds. The highest BCUT2D eigenvalue weighted by atomic mass is 16.8. The van der Waals surface area contributed by atoms with Crippen molar-refractivity contribution >= 4 is 5.97 Å². The minimum Gasteiger partial charge on any atom is -0.459 e. The van der Waals surface area contributed by atoms with Crippen LogP contribution in [0.5, 0.6) is 0 Å². The average Bonchev–Trinajstić information content (AvgIpc) is 3.17. The maximum atomic E-state index is 12.6. The third-order valence-electron chi connectivity index (χ3n) is 4.50. The van der Waals surface area contributed by atoms with Gasteiger partial charge in [0.25, 0.3) is 0 Å². The number of aliphatic hydroxyl groups is 2. The summed E-state index contributed by atoms with van der Waals surface area (Å²) in [6.45, 7) is 8.81. The van der Waals surface area contributed by atoms with Crippen LogP contribution in [0.3, 0.4) is 0 Å². The third kappa shape index (κ3) is 3.89. The van der Waals surface area contributed by atoms with Gasteiger partial charge in [-0.2, -0.15) is 0 Å². The lowest BCUT2D eigenvalue weighted by molar-refractivity contribution is -0.281. The van der Waals surface area contributed by atoms with E-state index in [0.717, 1.165) is 0 Å². The van der Waals surface area contributed by atoms with Crippen molar-refractivity contribution in [2.75, 3.05) is 13.2 Å². The molecule has 0 radical (unpaired) electrons. The van der Waals surface area contributed by atoms with Crippen LogP contribution in [0.15, 0.2) is 0 Å². The van der Waals surface area contributed by atoms with E-state index in [0.29, 0.717) is 13.0 Å². The van der Waals surface area contributed by atoms with Crippen LogP contribution < -0.4 is 0 Å². The van der Waals surface area contributed by atoms with Gasteiger partial charge in [-0.05, 0) is 34.6 Å². The van der Waals surface area contributed by atoms with Gasteiger partial charge in [0.15, 0.2) is 12.0 Å². The van der Waals surface area contributed by atoms with E-state index in [1.807, 2.05) is 0 Å². The summed E-state index contributed by atoms with van der Waals surface area (Å²) in [6.07, 6.45) is -3.37. The third-order valence-corrected chi connectivity index (χ3v) is 4.50. The van der Waals surface area contributed by atoms with E-state index in [4.69, 9.17) is 23.8 Å². The number of aliphatic hydroxyl groups excluding tert-OH is 2. The van der Waals surface area contributed by atoms with Gasteiger partial charge in [-0.1, -0.05) is 0 Å². The van der Waals surface area contributed by atoms with Gasteiger partial charge in [0.05, 0.1) is 13.2 Å². The molecule has 0 aromatic heterocycles. The molecule has 0 saturated carbocycles. The van der Waals surface area contributed by atoms with Crippen molar-refractivity contribution in [3.8, 4) is 0 Å². The summed E-state index contributed by atoms with van der Waals surface area (Å²) in [5.41, 5.74) is -0.616. The molecule has 0 aromatic carbocycles. The standard InChI is InChI=1S/C17H29NO8/c1-16(2,3)26-15(21)9-6-7-22-18(9)14-13-12(24-17(4,5)25-13)11(23-14)10(20)8-19/h9-14,19-20H,6-8H2,1-5H3/t9-,10+,11+,12+,13+,14+/m0/s1. The van der Waals surface area contributed by atoms with Crippen LogP contribution in [-0.4, -0.2) is 82.5 Å². The Hall–Kier alpha value is -0.810. The number of carbonyl (C=O) groups excluding carboxylic acids is 1. The van der Waals surface area contributed by atoms with Gasteiger partial charge in [-0.3, -0.25) is 9.63 Å². The van der Waals surface area contributed by atoms with Crippen molar-refractivity contribution < 1.29 is 38.8 Å². The number of hydroxylamine groups is 2. The predicted octanol–water partition coefficient (Wildman–Crippen LogP) is -0.0678. The zero-order chi connectivity index (χ0) is 19.3. The van der Waals surface area contributed by atoms with Crippen LogP contribution in [0, 0.1) is 0 Å². The van der Waals surface area contributed by atoms with Gasteiger partial charge in [0, 0.05) is 6.42 Å². The van der Waals surface area contributed by atoms with Crippen LogP contribution in [-0.2, 0) is 28.6 Å². The highest BCUT2D eigenvalue weighted by Gasteiger charge is 2.60. The predicted molar refractivity (Wildman–Crippen MR) is 87.6 cm³/mol. The smallest absolute Gasteiger partial charge is 0.326 e. The summed E-state index contributed by atoms with van der Waals surface area (Å²) in [5, 5.41) is 20.9. The maximum absolute atomic E-state index is 12.6. The summed E-state index contributed by atoms with van der Waals surface area (Å²) in [7, 11) is 0. The molecule has 150 valence electrons. The fourth-order valence-electron chi connectivity index (χ4n) is 3.56. The lowest BCUT2D eigenvalue weighted by atomic mass is 10.1. The van der Waals surface area contributed by atoms with E-state index in [1.165, 1.54) is 5.06 Å². The van der Waals surface area contributed by atoms with E-state index in [2.05, 4.69) is 0 Å². The molecular formula is C17H29NO8. The molecule has 3 aliphatic rings. The molecule has 6 atom stereocenters. The Labute approximate surface area is 153 Å². The van der Waals surface area contributed by atoms with Crippen LogP contribution >= 0.6 is 0 Å². The zero-order valence-corrected chi connectivity index (χ0v) is 15.9. The number of rotatable bonds is 4. The molecule has 9 heteroatoms. The Bertz CT molecular complexity index is 533. The highest BCUT2D eigenvalue weighted by Crippen LogP contribution is 2.42. The van der Waals surface area contributed by atoms with E-state index in [9.17, 15) is 15.0 Å². The average molecular weight is 375 g/mol. The van der Waals surface area contributed by atoms with Crippen molar-refractivity contribution in [3.05, 3.63) is 0 Å². The van der Waals surface area contributed by atoms with Crippen LogP contribution in [0.4, 0.5) is 0 Å². The molecule has 2 N–H and O–H groups in total. The van der Waals surface area contributed by atoms with Crippen LogP contribution in [0.2, 0.25) is 0 Å². The molecule has 0 aliphatic carbocycles. The van der Waals surface area contributed by atoms with Crippen LogP contribution in [0.1, 0.15) is 41.0 Å². The minimum atomic E-state index is -1.13. The van der Waals surface area contributed by atoms with Crippen molar-refractivity contribution in [2.24, 2.45) is 0 Å². The number of hydrogen-bond donors (Lipinski definition) is 2. The van der Waals surface area contributed by atoms with Gasteiger partial charge in [-0.15, -0.1) is 5.06 Å². The molecule has 3 fully saturated rings. The van der Waals surface area contributed by atoms with Crippen molar-refractivity contribution in [1.29, 1.82) is 0 Å². The largest absolute Gasteiger partial charge is 0.459 e. The van der Waals surface area contributed by atoms with Gasteiger partial charge >= 0.3 is 5.97 Å². The molecule has 3 heterocycles. The van der Waals surface area contributed by atoms with Gasteiger partial charge < -0.3 is 29.2 Å². The summed E-state index contributed by atoms with van der Waals surface area (Å²) >= 11 is 0. The number of carbonyl (C=O) groups is 1. The van der Waals surface area contributed by atoms with Gasteiger partial charge in [-0.25, -0.2) is 0 Å². The van der Waals surface area contributed by atoms with Crippen LogP contribution in [0.25, 0.3) is 0 Å². The number of nitrogens with zero attached hydrogens (tertiary/aromatic N) is 1. The minimum absolute atomic E-state index is 0.346. The quantitative estimate of drug-likeness (QED) is 0.653. The van der Waals surface area contributed by atoms with E-state index in [1.54, 1.807) is 34.6 Å². The second kappa shape index (κ2) is 6.97. The number of ether oxygens (including phenoxy) is 4. The SMILES string of the molecule is CC(C)(C)OC(=O)[C@@H]1CCON1[C@@H]1O[C@H]([C@H](O)CO)[C@H]2OC(C)(C)O[C@H]21. The zero-order valence-electron chi connectivity index (χ0n) is 15.9. The Kier molecular flexibility index (Phi) is 5.35. The highest BCUT2D eigenvalue weighted by molar-refractivity contribution is 5.76. The number of fused-ring (bicyclic) bond motifs is 1. The second-order valence-corrected chi connectivity index (χ2v) is 8.34. The first-order valence-corrected chi connectivity index (χ1v) is 8.96. The fraction of sp³-hybridized carbons (Fsp3) is 0.941. The lowest BCUT2D eigenvalue weighted by Crippen LogP contribution is -2.50. The molecule has 0 spiro atoms. The summed E-state index contributed by atoms with van der Waals surface area (Å²) in [5.74, 6) is -1.27. The Morgan fingerprint density at radius 2 is 1.96 bits per heavy atom. The van der Waals surface area contributed by atoms with Crippen molar-refractivity contribution in [3.63, 3.8) is 0 Å². The molecule has 0 bridgehead atoms. The molecule has 0 unspecified atom stereocenters. The second-order valence-electron chi connectivity index (χ2n) is 8.34. The molecule has 26 heavy (non-hydrogen) atoms. The molecular weight excluding hydrogens is 346 g/mol. The lowest BCUT2D eigenvalue weighted by Gasteiger charge is -2.32. The summed E-state index contributed by atoms with van der Waals surface area (Å²) in [4.78, 5) is 18.2. The first kappa shape index (κ1) is 19.9. The van der Waals surface area contributed by atoms with E-state index in [-0.39, 0.29) is 0 Å². The maximum Gasteiger partial charge on any atom is 0.326 e. The Balaban J connectivity index is 1.79. The van der Waals surface area contributed by atoms with E-state index >= 15 is 0 Å². The Morgan fingerprint density at radius 3 is 2.58 bits per heavy atom. The molecule has 9 nitrogen and oxygen atoms in total. The first-order chi connectivity index (χ1) is 12.0. The number of esters is 1. The number of hydrogen-bond acceptors (Lipinski definition) is 9. The topological polar surface area (TPSA) is 107 Å².